The van der Waals surface area contributed by atoms with E-state index in [-0.39, 0.29) is 6.67 Å². The molecule has 0 fully saturated rings. The van der Waals surface area contributed by atoms with Crippen molar-refractivity contribution in [1.82, 2.24) is 5.32 Å². The molecule has 1 rings (SSSR count). The predicted molar refractivity (Wildman–Crippen MR) is 68.3 cm³/mol. The summed E-state index contributed by atoms with van der Waals surface area (Å²) in [7, 11) is 0. The van der Waals surface area contributed by atoms with E-state index in [1.807, 2.05) is 27.7 Å². The van der Waals surface area contributed by atoms with Gasteiger partial charge in [0.1, 0.15) is 5.75 Å². The van der Waals surface area contributed by atoms with Crippen molar-refractivity contribution in [1.29, 1.82) is 0 Å². The van der Waals surface area contributed by atoms with Gasteiger partial charge in [0, 0.05) is 0 Å². The Morgan fingerprint density at radius 3 is 1.82 bits per heavy atom. The summed E-state index contributed by atoms with van der Waals surface area (Å²) >= 11 is 0. The Balaban J connectivity index is 3.20. The first-order valence-electron chi connectivity index (χ1n) is 5.62. The Hall–Kier alpha value is -1.55. The second-order valence-corrected chi connectivity index (χ2v) is 4.22. The first-order valence-corrected chi connectivity index (χ1v) is 5.62. The summed E-state index contributed by atoms with van der Waals surface area (Å²) in [6.45, 7) is 10.1. The molecule has 0 radical (unpaired) electrons. The lowest BCUT2D eigenvalue weighted by Gasteiger charge is -2.18. The van der Waals surface area contributed by atoms with Gasteiger partial charge in [-0.05, 0) is 62.4 Å². The van der Waals surface area contributed by atoms with Gasteiger partial charge in [0.15, 0.2) is 0 Å². The summed E-state index contributed by atoms with van der Waals surface area (Å²) in [5.41, 5.74) is 10.8. The summed E-state index contributed by atoms with van der Waals surface area (Å²) in [6, 6.07) is 0. The van der Waals surface area contributed by atoms with E-state index in [1.54, 1.807) is 0 Å². The number of nitrogens with one attached hydrogen (secondary N) is 1. The van der Waals surface area contributed by atoms with Crippen molar-refractivity contribution in [3.8, 4) is 5.75 Å². The first-order chi connectivity index (χ1) is 7.90. The lowest BCUT2D eigenvalue weighted by molar-refractivity contribution is 0.200. The standard InChI is InChI=1S/C13H20N2O2/c1-7-8(2)10(4)12(11(5)9(7)3)17-13(16)15-6-14/h6,14H2,1-5H3,(H,15,16). The average molecular weight is 236 g/mol. The molecule has 0 bridgehead atoms. The molecule has 17 heavy (non-hydrogen) atoms. The highest BCUT2D eigenvalue weighted by Gasteiger charge is 2.15. The molecule has 0 spiro atoms. The lowest BCUT2D eigenvalue weighted by Crippen LogP contribution is -2.32. The Morgan fingerprint density at radius 1 is 1.00 bits per heavy atom. The zero-order chi connectivity index (χ0) is 13.2. The summed E-state index contributed by atoms with van der Waals surface area (Å²) < 4.78 is 5.30. The van der Waals surface area contributed by atoms with Crippen LogP contribution in [-0.4, -0.2) is 12.8 Å². The van der Waals surface area contributed by atoms with Crippen LogP contribution in [0, 0.1) is 34.6 Å². The molecule has 0 saturated carbocycles. The lowest BCUT2D eigenvalue weighted by atomic mass is 9.94. The zero-order valence-corrected chi connectivity index (χ0v) is 11.1. The smallest absolute Gasteiger partial charge is 0.410 e. The maximum Gasteiger partial charge on any atom is 0.413 e. The van der Waals surface area contributed by atoms with Crippen molar-refractivity contribution < 1.29 is 9.53 Å². The second kappa shape index (κ2) is 5.19. The van der Waals surface area contributed by atoms with Crippen LogP contribution in [0.4, 0.5) is 4.79 Å². The van der Waals surface area contributed by atoms with Gasteiger partial charge in [0.25, 0.3) is 0 Å². The maximum atomic E-state index is 11.4. The molecule has 1 aromatic rings. The highest BCUT2D eigenvalue weighted by molar-refractivity contribution is 5.72. The quantitative estimate of drug-likeness (QED) is 0.774. The van der Waals surface area contributed by atoms with Crippen molar-refractivity contribution in [3.63, 3.8) is 0 Å². The number of hydrogen-bond donors (Lipinski definition) is 2. The van der Waals surface area contributed by atoms with Gasteiger partial charge in [0.2, 0.25) is 0 Å². The molecule has 0 aliphatic carbocycles. The van der Waals surface area contributed by atoms with E-state index in [0.29, 0.717) is 5.75 Å². The fraction of sp³-hybridized carbons (Fsp3) is 0.462. The van der Waals surface area contributed by atoms with Gasteiger partial charge < -0.3 is 15.8 Å². The van der Waals surface area contributed by atoms with E-state index in [2.05, 4.69) is 12.2 Å². The molecule has 0 heterocycles. The van der Waals surface area contributed by atoms with E-state index in [0.717, 1.165) is 22.3 Å². The van der Waals surface area contributed by atoms with Crippen molar-refractivity contribution >= 4 is 6.09 Å². The van der Waals surface area contributed by atoms with E-state index < -0.39 is 6.09 Å². The number of benzene rings is 1. The molecule has 94 valence electrons. The Labute approximate surface area is 102 Å². The number of ether oxygens (including phenoxy) is 1. The minimum absolute atomic E-state index is 0.0702. The van der Waals surface area contributed by atoms with Gasteiger partial charge in [-0.25, -0.2) is 4.79 Å². The molecule has 4 heteroatoms. The number of rotatable bonds is 2. The first kappa shape index (κ1) is 13.5. The van der Waals surface area contributed by atoms with Crippen molar-refractivity contribution in [2.75, 3.05) is 6.67 Å². The van der Waals surface area contributed by atoms with Gasteiger partial charge in [-0.2, -0.15) is 0 Å². The molecule has 0 saturated heterocycles. The van der Waals surface area contributed by atoms with Gasteiger partial charge >= 0.3 is 6.09 Å². The van der Waals surface area contributed by atoms with Crippen LogP contribution < -0.4 is 15.8 Å². The van der Waals surface area contributed by atoms with E-state index in [4.69, 9.17) is 10.5 Å². The molecule has 1 amide bonds. The third-order valence-corrected chi connectivity index (χ3v) is 3.37. The van der Waals surface area contributed by atoms with Crippen LogP contribution in [0.5, 0.6) is 5.75 Å². The van der Waals surface area contributed by atoms with Gasteiger partial charge in [0.05, 0.1) is 6.67 Å². The SMILES string of the molecule is Cc1c(C)c(C)c(OC(=O)NCN)c(C)c1C. The van der Waals surface area contributed by atoms with Gasteiger partial charge in [-0.3, -0.25) is 0 Å². The molecular formula is C13H20N2O2. The highest BCUT2D eigenvalue weighted by Crippen LogP contribution is 2.32. The monoisotopic (exact) mass is 236 g/mol. The number of carbonyl (C=O) groups excluding carboxylic acids is 1. The van der Waals surface area contributed by atoms with Gasteiger partial charge in [-0.1, -0.05) is 0 Å². The number of nitrogens with two attached hydrogens (primary N) is 1. The summed E-state index contributed by atoms with van der Waals surface area (Å²) in [4.78, 5) is 11.4. The molecule has 0 aromatic heterocycles. The number of hydrogen-bond acceptors (Lipinski definition) is 3. The Morgan fingerprint density at radius 2 is 1.41 bits per heavy atom. The van der Waals surface area contributed by atoms with Crippen LogP contribution in [-0.2, 0) is 0 Å². The Kier molecular flexibility index (Phi) is 4.12. The molecule has 0 atom stereocenters. The predicted octanol–water partition coefficient (Wildman–Crippen LogP) is 2.23. The fourth-order valence-electron chi connectivity index (χ4n) is 1.83. The minimum atomic E-state index is -0.513. The van der Waals surface area contributed by atoms with Crippen LogP contribution in [0.1, 0.15) is 27.8 Å². The molecular weight excluding hydrogens is 216 g/mol. The average Bonchev–Trinajstić information content (AvgIpc) is 2.30. The molecule has 3 N–H and O–H groups in total. The number of carbonyl (C=O) groups is 1. The van der Waals surface area contributed by atoms with Crippen molar-refractivity contribution in [3.05, 3.63) is 27.8 Å². The summed E-state index contributed by atoms with van der Waals surface area (Å²) in [5, 5.41) is 2.42. The van der Waals surface area contributed by atoms with Crippen molar-refractivity contribution in [2.24, 2.45) is 5.73 Å². The summed E-state index contributed by atoms with van der Waals surface area (Å²) in [6.07, 6.45) is -0.513. The molecule has 0 aliphatic rings. The van der Waals surface area contributed by atoms with E-state index >= 15 is 0 Å². The van der Waals surface area contributed by atoms with E-state index in [1.165, 1.54) is 5.56 Å². The van der Waals surface area contributed by atoms with Crippen LogP contribution in [0.2, 0.25) is 0 Å². The minimum Gasteiger partial charge on any atom is -0.410 e. The zero-order valence-electron chi connectivity index (χ0n) is 11.1. The largest absolute Gasteiger partial charge is 0.413 e. The molecule has 0 unspecified atom stereocenters. The summed E-state index contributed by atoms with van der Waals surface area (Å²) in [5.74, 6) is 0.636. The van der Waals surface area contributed by atoms with E-state index in [9.17, 15) is 4.79 Å². The van der Waals surface area contributed by atoms with Crippen LogP contribution in [0.15, 0.2) is 0 Å². The fourth-order valence-corrected chi connectivity index (χ4v) is 1.83. The van der Waals surface area contributed by atoms with Crippen LogP contribution >= 0.6 is 0 Å². The molecule has 4 nitrogen and oxygen atoms in total. The third kappa shape index (κ3) is 2.58. The van der Waals surface area contributed by atoms with Gasteiger partial charge in [-0.15, -0.1) is 0 Å². The Bertz CT molecular complexity index is 424. The van der Waals surface area contributed by atoms with Crippen molar-refractivity contribution in [2.45, 2.75) is 34.6 Å². The third-order valence-electron chi connectivity index (χ3n) is 3.37. The topological polar surface area (TPSA) is 64.3 Å². The molecule has 0 aliphatic heterocycles. The normalized spacial score (nSPS) is 10.2. The van der Waals surface area contributed by atoms with Crippen LogP contribution in [0.3, 0.4) is 0 Å². The van der Waals surface area contributed by atoms with Crippen LogP contribution in [0.25, 0.3) is 0 Å². The number of amides is 1. The highest BCUT2D eigenvalue weighted by atomic mass is 16.6. The maximum absolute atomic E-state index is 11.4. The second-order valence-electron chi connectivity index (χ2n) is 4.22. The molecule has 1 aromatic carbocycles.